The summed E-state index contributed by atoms with van der Waals surface area (Å²) in [7, 11) is 0. The lowest BCUT2D eigenvalue weighted by Crippen LogP contribution is -2.43. The van der Waals surface area contributed by atoms with Crippen molar-refractivity contribution in [1.29, 1.82) is 0 Å². The van der Waals surface area contributed by atoms with Crippen molar-refractivity contribution in [2.75, 3.05) is 13.1 Å². The Labute approximate surface area is 129 Å². The van der Waals surface area contributed by atoms with Crippen LogP contribution in [0.4, 0.5) is 0 Å². The van der Waals surface area contributed by atoms with Crippen LogP contribution < -0.4 is 5.32 Å². The summed E-state index contributed by atoms with van der Waals surface area (Å²) in [6.45, 7) is 1.92. The minimum atomic E-state index is 0.186. The van der Waals surface area contributed by atoms with E-state index in [2.05, 4.69) is 10.2 Å². The van der Waals surface area contributed by atoms with Gasteiger partial charge in [-0.1, -0.05) is 29.3 Å². The van der Waals surface area contributed by atoms with Crippen LogP contribution in [0.25, 0.3) is 0 Å². The van der Waals surface area contributed by atoms with E-state index in [1.165, 1.54) is 0 Å². The summed E-state index contributed by atoms with van der Waals surface area (Å²) in [5.74, 6) is 0.186. The highest BCUT2D eigenvalue weighted by Gasteiger charge is 2.37. The van der Waals surface area contributed by atoms with Gasteiger partial charge in [0.15, 0.2) is 0 Å². The third-order valence-electron chi connectivity index (χ3n) is 4.30. The van der Waals surface area contributed by atoms with E-state index >= 15 is 0 Å². The maximum absolute atomic E-state index is 12.6. The quantitative estimate of drug-likeness (QED) is 0.910. The molecule has 5 heteroatoms. The van der Waals surface area contributed by atoms with Gasteiger partial charge >= 0.3 is 0 Å². The number of halogens is 2. The molecule has 3 rings (SSSR count). The molecule has 0 aromatic heterocycles. The average molecular weight is 313 g/mol. The molecule has 2 atom stereocenters. The zero-order valence-corrected chi connectivity index (χ0v) is 12.8. The molecular weight excluding hydrogens is 295 g/mol. The fourth-order valence-corrected chi connectivity index (χ4v) is 3.78. The van der Waals surface area contributed by atoms with Crippen molar-refractivity contribution in [3.05, 3.63) is 33.8 Å². The predicted molar refractivity (Wildman–Crippen MR) is 81.3 cm³/mol. The molecule has 2 fully saturated rings. The van der Waals surface area contributed by atoms with Gasteiger partial charge in [0, 0.05) is 28.7 Å². The molecule has 2 heterocycles. The topological polar surface area (TPSA) is 32.3 Å². The Hall–Kier alpha value is -0.770. The first-order valence-electron chi connectivity index (χ1n) is 7.11. The van der Waals surface area contributed by atoms with Crippen molar-refractivity contribution >= 4 is 29.1 Å². The molecule has 20 heavy (non-hydrogen) atoms. The zero-order valence-electron chi connectivity index (χ0n) is 11.2. The lowest BCUT2D eigenvalue weighted by Gasteiger charge is -2.28. The molecule has 108 valence electrons. The number of carbonyl (C=O) groups is 1. The molecule has 2 unspecified atom stereocenters. The summed E-state index contributed by atoms with van der Waals surface area (Å²) in [6, 6.07) is 6.08. The zero-order chi connectivity index (χ0) is 14.1. The van der Waals surface area contributed by atoms with Crippen molar-refractivity contribution < 1.29 is 4.79 Å². The van der Waals surface area contributed by atoms with E-state index in [0.29, 0.717) is 28.5 Å². The van der Waals surface area contributed by atoms with Gasteiger partial charge < -0.3 is 10.2 Å². The van der Waals surface area contributed by atoms with Crippen molar-refractivity contribution in [1.82, 2.24) is 10.2 Å². The number of benzene rings is 1. The first-order valence-corrected chi connectivity index (χ1v) is 7.86. The van der Waals surface area contributed by atoms with Crippen LogP contribution in [0, 0.1) is 0 Å². The molecule has 2 aliphatic heterocycles. The van der Waals surface area contributed by atoms with Crippen LogP contribution >= 0.6 is 23.2 Å². The monoisotopic (exact) mass is 312 g/mol. The molecule has 1 aromatic rings. The van der Waals surface area contributed by atoms with Gasteiger partial charge in [0.2, 0.25) is 5.91 Å². The second kappa shape index (κ2) is 5.92. The van der Waals surface area contributed by atoms with Crippen LogP contribution in [-0.4, -0.2) is 36.0 Å². The largest absolute Gasteiger partial charge is 0.335 e. The summed E-state index contributed by atoms with van der Waals surface area (Å²) >= 11 is 12.1. The lowest BCUT2D eigenvalue weighted by molar-refractivity contribution is -0.133. The van der Waals surface area contributed by atoms with Crippen LogP contribution in [0.5, 0.6) is 0 Å². The van der Waals surface area contributed by atoms with Gasteiger partial charge in [-0.25, -0.2) is 0 Å². The number of nitrogens with zero attached hydrogens (tertiary/aromatic N) is 1. The molecule has 0 spiro atoms. The number of amides is 1. The third kappa shape index (κ3) is 2.80. The average Bonchev–Trinajstić information content (AvgIpc) is 2.66. The summed E-state index contributed by atoms with van der Waals surface area (Å²) in [5.41, 5.74) is 0.859. The molecule has 1 amide bonds. The molecule has 1 N–H and O–H groups in total. The fraction of sp³-hybridized carbons (Fsp3) is 0.533. The normalized spacial score (nSPS) is 25.6. The van der Waals surface area contributed by atoms with Crippen LogP contribution in [0.1, 0.15) is 24.8 Å². The van der Waals surface area contributed by atoms with Crippen LogP contribution in [-0.2, 0) is 11.2 Å². The van der Waals surface area contributed by atoms with Crippen LogP contribution in [0.15, 0.2) is 18.2 Å². The van der Waals surface area contributed by atoms with E-state index in [1.807, 2.05) is 6.07 Å². The number of fused-ring (bicyclic) bond motifs is 2. The Morgan fingerprint density at radius 1 is 1.25 bits per heavy atom. The summed E-state index contributed by atoms with van der Waals surface area (Å²) < 4.78 is 0. The van der Waals surface area contributed by atoms with E-state index in [4.69, 9.17) is 23.2 Å². The molecule has 0 saturated carbocycles. The predicted octanol–water partition coefficient (Wildman–Crippen LogP) is 2.89. The van der Waals surface area contributed by atoms with Gasteiger partial charge in [0.1, 0.15) is 0 Å². The van der Waals surface area contributed by atoms with E-state index in [9.17, 15) is 4.79 Å². The number of rotatable bonds is 2. The highest BCUT2D eigenvalue weighted by atomic mass is 35.5. The Kier molecular flexibility index (Phi) is 4.20. The maximum Gasteiger partial charge on any atom is 0.227 e. The summed E-state index contributed by atoms with van der Waals surface area (Å²) in [4.78, 5) is 14.7. The highest BCUT2D eigenvalue weighted by molar-refractivity contribution is 6.35. The van der Waals surface area contributed by atoms with Gasteiger partial charge in [-0.05, 0) is 43.5 Å². The molecule has 2 aliphatic rings. The Morgan fingerprint density at radius 3 is 2.85 bits per heavy atom. The Balaban J connectivity index is 1.75. The molecule has 0 radical (unpaired) electrons. The van der Waals surface area contributed by atoms with Crippen molar-refractivity contribution in [3.8, 4) is 0 Å². The number of carbonyl (C=O) groups excluding carboxylic acids is 1. The van der Waals surface area contributed by atoms with E-state index in [1.54, 1.807) is 12.1 Å². The second-order valence-corrected chi connectivity index (χ2v) is 6.43. The van der Waals surface area contributed by atoms with Crippen LogP contribution in [0.3, 0.4) is 0 Å². The van der Waals surface area contributed by atoms with E-state index in [-0.39, 0.29) is 5.91 Å². The summed E-state index contributed by atoms with van der Waals surface area (Å²) in [5, 5.41) is 4.59. The lowest BCUT2D eigenvalue weighted by atomic mass is 10.1. The van der Waals surface area contributed by atoms with E-state index < -0.39 is 0 Å². The minimum absolute atomic E-state index is 0.186. The molecule has 1 aromatic carbocycles. The Bertz CT molecular complexity index is 507. The van der Waals surface area contributed by atoms with Gasteiger partial charge in [-0.3, -0.25) is 4.79 Å². The molecule has 2 bridgehead atoms. The fourth-order valence-electron chi connectivity index (χ4n) is 3.31. The molecule has 2 saturated heterocycles. The standard InChI is InChI=1S/C15H18Cl2N2O/c16-11-2-1-10(14(17)8-11)7-15(20)19-12-3-4-13(19)9-18-6-5-12/h1-2,8,12-13,18H,3-7,9H2. The van der Waals surface area contributed by atoms with Gasteiger partial charge in [-0.15, -0.1) is 0 Å². The number of nitrogens with one attached hydrogen (secondary N) is 1. The van der Waals surface area contributed by atoms with Gasteiger partial charge in [0.25, 0.3) is 0 Å². The number of hydrogen-bond donors (Lipinski definition) is 1. The number of hydrogen-bond acceptors (Lipinski definition) is 2. The molecule has 0 aliphatic carbocycles. The first kappa shape index (κ1) is 14.2. The smallest absolute Gasteiger partial charge is 0.227 e. The summed E-state index contributed by atoms with van der Waals surface area (Å²) in [6.07, 6.45) is 3.66. The third-order valence-corrected chi connectivity index (χ3v) is 4.89. The van der Waals surface area contributed by atoms with Crippen LogP contribution in [0.2, 0.25) is 10.0 Å². The first-order chi connectivity index (χ1) is 9.65. The van der Waals surface area contributed by atoms with Gasteiger partial charge in [-0.2, -0.15) is 0 Å². The van der Waals surface area contributed by atoms with E-state index in [0.717, 1.165) is 37.9 Å². The minimum Gasteiger partial charge on any atom is -0.335 e. The Morgan fingerprint density at radius 2 is 2.05 bits per heavy atom. The van der Waals surface area contributed by atoms with Crippen molar-refractivity contribution in [2.24, 2.45) is 0 Å². The van der Waals surface area contributed by atoms with Crippen molar-refractivity contribution in [3.63, 3.8) is 0 Å². The maximum atomic E-state index is 12.6. The SMILES string of the molecule is O=C(Cc1ccc(Cl)cc1Cl)N1C2CCNCC1CC2. The molecular formula is C15H18Cl2N2O. The highest BCUT2D eigenvalue weighted by Crippen LogP contribution is 2.29. The second-order valence-electron chi connectivity index (χ2n) is 5.59. The van der Waals surface area contributed by atoms with Crippen molar-refractivity contribution in [2.45, 2.75) is 37.8 Å². The van der Waals surface area contributed by atoms with Gasteiger partial charge in [0.05, 0.1) is 6.42 Å². The molecule has 3 nitrogen and oxygen atoms in total.